The Morgan fingerprint density at radius 2 is 2.03 bits per heavy atom. The molecule has 0 unspecified atom stereocenters. The van der Waals surface area contributed by atoms with Crippen molar-refractivity contribution < 1.29 is 9.59 Å². The van der Waals surface area contributed by atoms with Crippen LogP contribution in [0.25, 0.3) is 10.2 Å². The minimum absolute atomic E-state index is 0.0677. The van der Waals surface area contributed by atoms with Crippen LogP contribution in [0.2, 0.25) is 0 Å². The van der Waals surface area contributed by atoms with E-state index in [1.54, 1.807) is 34.4 Å². The summed E-state index contributed by atoms with van der Waals surface area (Å²) in [7, 11) is 0. The van der Waals surface area contributed by atoms with Crippen LogP contribution in [0.4, 0.5) is 5.69 Å². The van der Waals surface area contributed by atoms with Gasteiger partial charge in [0.25, 0.3) is 5.91 Å². The second-order valence-corrected chi connectivity index (χ2v) is 8.84. The summed E-state index contributed by atoms with van der Waals surface area (Å²) in [6.07, 6.45) is 5.55. The average molecular weight is 435 g/mol. The van der Waals surface area contributed by atoms with Crippen LogP contribution in [-0.4, -0.2) is 29.0 Å². The fourth-order valence-corrected chi connectivity index (χ4v) is 5.13. The quantitative estimate of drug-likeness (QED) is 0.611. The number of carbonyl (C=O) groups is 2. The minimum atomic E-state index is -0.118. The fourth-order valence-electron chi connectivity index (χ4n) is 4.31. The van der Waals surface area contributed by atoms with Crippen LogP contribution in [0.1, 0.15) is 55.1 Å². The van der Waals surface area contributed by atoms with Crippen molar-refractivity contribution in [1.82, 2.24) is 9.88 Å². The van der Waals surface area contributed by atoms with Gasteiger partial charge in [0.1, 0.15) is 12.2 Å². The SMILES string of the molecule is CCN(C(=O)Cn1c(C(=O)NC2CCCCC2)cc2sccc21)c1cccc(C#N)c1. The van der Waals surface area contributed by atoms with Gasteiger partial charge in [0.05, 0.1) is 21.8 Å². The lowest BCUT2D eigenvalue weighted by Gasteiger charge is -2.24. The number of aromatic nitrogens is 1. The first kappa shape index (κ1) is 21.1. The van der Waals surface area contributed by atoms with Gasteiger partial charge in [-0.1, -0.05) is 25.3 Å². The Morgan fingerprint density at radius 3 is 2.77 bits per heavy atom. The fraction of sp³-hybridized carbons (Fsp3) is 0.375. The normalized spacial score (nSPS) is 14.3. The van der Waals surface area contributed by atoms with Crippen molar-refractivity contribution >= 4 is 39.1 Å². The van der Waals surface area contributed by atoms with Gasteiger partial charge in [-0.25, -0.2) is 0 Å². The molecule has 1 aliphatic rings. The molecule has 1 fully saturated rings. The van der Waals surface area contributed by atoms with E-state index in [2.05, 4.69) is 11.4 Å². The van der Waals surface area contributed by atoms with Crippen LogP contribution in [0.3, 0.4) is 0 Å². The monoisotopic (exact) mass is 434 g/mol. The molecule has 3 aromatic rings. The molecule has 0 saturated heterocycles. The zero-order valence-electron chi connectivity index (χ0n) is 17.6. The number of fused-ring (bicyclic) bond motifs is 1. The maximum absolute atomic E-state index is 13.3. The number of nitrogens with zero attached hydrogens (tertiary/aromatic N) is 3. The van der Waals surface area contributed by atoms with E-state index in [0.717, 1.165) is 35.9 Å². The molecule has 1 aromatic carbocycles. The topological polar surface area (TPSA) is 78.1 Å². The molecule has 0 radical (unpaired) electrons. The Morgan fingerprint density at radius 1 is 1.23 bits per heavy atom. The highest BCUT2D eigenvalue weighted by molar-refractivity contribution is 7.17. The molecule has 4 rings (SSSR count). The van der Waals surface area contributed by atoms with Crippen LogP contribution >= 0.6 is 11.3 Å². The van der Waals surface area contributed by atoms with E-state index >= 15 is 0 Å². The van der Waals surface area contributed by atoms with E-state index in [1.165, 1.54) is 6.42 Å². The van der Waals surface area contributed by atoms with Crippen LogP contribution in [0.15, 0.2) is 41.8 Å². The first-order valence-corrected chi connectivity index (χ1v) is 11.7. The number of rotatable bonds is 6. The van der Waals surface area contributed by atoms with Gasteiger partial charge < -0.3 is 14.8 Å². The first-order valence-electron chi connectivity index (χ1n) is 10.8. The molecule has 0 spiro atoms. The number of anilines is 1. The number of amides is 2. The standard InChI is InChI=1S/C24H26N4O2S/c1-2-27(19-10-6-7-17(13-19)15-25)23(29)16-28-20-11-12-31-22(20)14-21(28)24(30)26-18-8-4-3-5-9-18/h6-7,10-14,18H,2-5,8-9,16H2,1H3,(H,26,30). The lowest BCUT2D eigenvalue weighted by Crippen LogP contribution is -2.38. The van der Waals surface area contributed by atoms with Crippen molar-refractivity contribution in [3.05, 3.63) is 53.0 Å². The van der Waals surface area contributed by atoms with Gasteiger partial charge in [0, 0.05) is 18.3 Å². The van der Waals surface area contributed by atoms with E-state index < -0.39 is 0 Å². The predicted octanol–water partition coefficient (Wildman–Crippen LogP) is 4.69. The Balaban J connectivity index is 1.60. The Labute approximate surface area is 186 Å². The van der Waals surface area contributed by atoms with Crippen LogP contribution < -0.4 is 10.2 Å². The molecule has 0 bridgehead atoms. The zero-order chi connectivity index (χ0) is 21.8. The molecule has 2 heterocycles. The summed E-state index contributed by atoms with van der Waals surface area (Å²) < 4.78 is 2.82. The van der Waals surface area contributed by atoms with E-state index in [9.17, 15) is 14.9 Å². The second-order valence-electron chi connectivity index (χ2n) is 7.89. The average Bonchev–Trinajstić information content (AvgIpc) is 3.38. The third-order valence-electron chi connectivity index (χ3n) is 5.89. The van der Waals surface area contributed by atoms with E-state index in [1.807, 2.05) is 35.1 Å². The number of hydrogen-bond donors (Lipinski definition) is 1. The molecule has 7 heteroatoms. The summed E-state index contributed by atoms with van der Waals surface area (Å²) in [4.78, 5) is 28.0. The smallest absolute Gasteiger partial charge is 0.268 e. The van der Waals surface area contributed by atoms with Gasteiger partial charge in [-0.3, -0.25) is 9.59 Å². The van der Waals surface area contributed by atoms with Crippen LogP contribution in [-0.2, 0) is 11.3 Å². The van der Waals surface area contributed by atoms with Gasteiger partial charge in [-0.2, -0.15) is 5.26 Å². The summed E-state index contributed by atoms with van der Waals surface area (Å²) in [5.74, 6) is -0.231. The number of nitriles is 1. The molecule has 1 N–H and O–H groups in total. The van der Waals surface area contributed by atoms with Crippen molar-refractivity contribution in [3.8, 4) is 6.07 Å². The molecule has 2 aromatic heterocycles. The third-order valence-corrected chi connectivity index (χ3v) is 6.75. The number of hydrogen-bond acceptors (Lipinski definition) is 4. The Kier molecular flexibility index (Phi) is 6.38. The van der Waals surface area contributed by atoms with Crippen LogP contribution in [0.5, 0.6) is 0 Å². The minimum Gasteiger partial charge on any atom is -0.348 e. The summed E-state index contributed by atoms with van der Waals surface area (Å²) >= 11 is 1.57. The number of carbonyl (C=O) groups excluding carboxylic acids is 2. The highest BCUT2D eigenvalue weighted by Gasteiger charge is 2.24. The van der Waals surface area contributed by atoms with Crippen molar-refractivity contribution in [2.24, 2.45) is 0 Å². The predicted molar refractivity (Wildman–Crippen MR) is 123 cm³/mol. The van der Waals surface area contributed by atoms with Crippen LogP contribution in [0, 0.1) is 11.3 Å². The number of benzene rings is 1. The third kappa shape index (κ3) is 4.49. The van der Waals surface area contributed by atoms with E-state index in [-0.39, 0.29) is 24.4 Å². The number of nitrogens with one attached hydrogen (secondary N) is 1. The summed E-state index contributed by atoms with van der Waals surface area (Å²) in [5, 5.41) is 14.3. The molecular formula is C24H26N4O2S. The largest absolute Gasteiger partial charge is 0.348 e. The molecule has 1 aliphatic carbocycles. The maximum Gasteiger partial charge on any atom is 0.268 e. The zero-order valence-corrected chi connectivity index (χ0v) is 18.5. The van der Waals surface area contributed by atoms with Gasteiger partial charge >= 0.3 is 0 Å². The Hall–Kier alpha value is -3.11. The second kappa shape index (κ2) is 9.36. The van der Waals surface area contributed by atoms with Gasteiger partial charge in [0.2, 0.25) is 5.91 Å². The lowest BCUT2D eigenvalue weighted by atomic mass is 9.95. The summed E-state index contributed by atoms with van der Waals surface area (Å²) in [6.45, 7) is 2.45. The van der Waals surface area contributed by atoms with Gasteiger partial charge in [0.15, 0.2) is 0 Å². The van der Waals surface area contributed by atoms with Crippen molar-refractivity contribution in [2.75, 3.05) is 11.4 Å². The highest BCUT2D eigenvalue weighted by Crippen LogP contribution is 2.27. The molecule has 0 atom stereocenters. The molecule has 0 aliphatic heterocycles. The lowest BCUT2D eigenvalue weighted by molar-refractivity contribution is -0.119. The van der Waals surface area contributed by atoms with Crippen molar-refractivity contribution in [2.45, 2.75) is 51.6 Å². The highest BCUT2D eigenvalue weighted by atomic mass is 32.1. The van der Waals surface area contributed by atoms with E-state index in [0.29, 0.717) is 23.5 Å². The van der Waals surface area contributed by atoms with Gasteiger partial charge in [-0.15, -0.1) is 11.3 Å². The van der Waals surface area contributed by atoms with E-state index in [4.69, 9.17) is 0 Å². The molecule has 160 valence electrons. The van der Waals surface area contributed by atoms with Crippen molar-refractivity contribution in [1.29, 1.82) is 5.26 Å². The maximum atomic E-state index is 13.3. The first-order chi connectivity index (χ1) is 15.1. The molecule has 31 heavy (non-hydrogen) atoms. The molecule has 1 saturated carbocycles. The summed E-state index contributed by atoms with van der Waals surface area (Å²) in [5.41, 5.74) is 2.63. The van der Waals surface area contributed by atoms with Gasteiger partial charge in [-0.05, 0) is 55.5 Å². The molecule has 6 nitrogen and oxygen atoms in total. The Bertz CT molecular complexity index is 1130. The van der Waals surface area contributed by atoms with Crippen molar-refractivity contribution in [3.63, 3.8) is 0 Å². The number of thiophene rings is 1. The summed E-state index contributed by atoms with van der Waals surface area (Å²) in [6, 6.07) is 13.2. The number of likely N-dealkylation sites (N-methyl/N-ethyl adjacent to an activating group) is 1. The molecule has 2 amide bonds. The molecular weight excluding hydrogens is 408 g/mol.